The van der Waals surface area contributed by atoms with E-state index in [2.05, 4.69) is 37.4 Å². The van der Waals surface area contributed by atoms with Crippen molar-refractivity contribution >= 4 is 17.1 Å². The summed E-state index contributed by atoms with van der Waals surface area (Å²) >= 11 is 0. The zero-order chi connectivity index (χ0) is 14.5. The van der Waals surface area contributed by atoms with Gasteiger partial charge in [-0.1, -0.05) is 32.0 Å². The van der Waals surface area contributed by atoms with Crippen molar-refractivity contribution in [3.8, 4) is 5.75 Å². The van der Waals surface area contributed by atoms with E-state index in [4.69, 9.17) is 10.5 Å². The number of nitrogens with two attached hydrogens (primary N) is 1. The minimum atomic E-state index is 0.504. The molecule has 0 unspecified atom stereocenters. The fraction of sp³-hybridized carbons (Fsp3) is 0.294. The van der Waals surface area contributed by atoms with Crippen molar-refractivity contribution in [1.29, 1.82) is 0 Å². The summed E-state index contributed by atoms with van der Waals surface area (Å²) in [5.41, 5.74) is 9.98. The van der Waals surface area contributed by atoms with Gasteiger partial charge in [-0.2, -0.15) is 0 Å². The van der Waals surface area contributed by atoms with Gasteiger partial charge in [0.05, 0.1) is 18.0 Å². The highest BCUT2D eigenvalue weighted by Crippen LogP contribution is 2.32. The Hall–Kier alpha value is -2.16. The number of rotatable bonds is 5. The number of nitrogen functional groups attached to an aromatic ring is 1. The van der Waals surface area contributed by atoms with Gasteiger partial charge in [0, 0.05) is 5.69 Å². The Morgan fingerprint density at radius 2 is 1.90 bits per heavy atom. The van der Waals surface area contributed by atoms with Crippen LogP contribution in [-0.2, 0) is 0 Å². The van der Waals surface area contributed by atoms with Gasteiger partial charge in [-0.3, -0.25) is 0 Å². The van der Waals surface area contributed by atoms with Gasteiger partial charge in [-0.05, 0) is 42.7 Å². The molecule has 0 aliphatic heterocycles. The predicted molar refractivity (Wildman–Crippen MR) is 85.8 cm³/mol. The van der Waals surface area contributed by atoms with Gasteiger partial charge in [0.2, 0.25) is 0 Å². The number of nitrogens with one attached hydrogen (secondary N) is 1. The van der Waals surface area contributed by atoms with Crippen LogP contribution in [0.15, 0.2) is 42.5 Å². The van der Waals surface area contributed by atoms with E-state index in [-0.39, 0.29) is 0 Å². The molecule has 0 aliphatic rings. The van der Waals surface area contributed by atoms with Crippen molar-refractivity contribution in [3.05, 3.63) is 48.0 Å². The molecule has 0 heterocycles. The quantitative estimate of drug-likeness (QED) is 0.784. The monoisotopic (exact) mass is 270 g/mol. The van der Waals surface area contributed by atoms with Crippen molar-refractivity contribution in [2.24, 2.45) is 0 Å². The van der Waals surface area contributed by atoms with Crippen LogP contribution in [0, 0.1) is 0 Å². The Bertz CT molecular complexity index is 579. The van der Waals surface area contributed by atoms with Crippen LogP contribution in [0.25, 0.3) is 0 Å². The van der Waals surface area contributed by atoms with E-state index >= 15 is 0 Å². The predicted octanol–water partition coefficient (Wildman–Crippen LogP) is 4.53. The van der Waals surface area contributed by atoms with Crippen molar-refractivity contribution in [2.45, 2.75) is 26.7 Å². The Labute approximate surface area is 120 Å². The molecule has 2 aromatic rings. The normalized spacial score (nSPS) is 10.6. The van der Waals surface area contributed by atoms with Gasteiger partial charge in [0.1, 0.15) is 5.75 Å². The second-order valence-corrected chi connectivity index (χ2v) is 5.06. The summed E-state index contributed by atoms with van der Waals surface area (Å²) in [5, 5.41) is 3.36. The fourth-order valence-corrected chi connectivity index (χ4v) is 2.07. The van der Waals surface area contributed by atoms with E-state index in [0.29, 0.717) is 18.2 Å². The molecule has 3 N–H and O–H groups in total. The molecule has 0 saturated heterocycles. The lowest BCUT2D eigenvalue weighted by atomic mass is 10.0. The first-order chi connectivity index (χ1) is 9.61. The molecule has 106 valence electrons. The van der Waals surface area contributed by atoms with Gasteiger partial charge < -0.3 is 15.8 Å². The van der Waals surface area contributed by atoms with E-state index in [1.54, 1.807) is 0 Å². The minimum absolute atomic E-state index is 0.504. The van der Waals surface area contributed by atoms with Gasteiger partial charge in [-0.25, -0.2) is 0 Å². The number of para-hydroxylation sites is 1. The van der Waals surface area contributed by atoms with Crippen molar-refractivity contribution < 1.29 is 4.74 Å². The van der Waals surface area contributed by atoms with Crippen LogP contribution in [0.5, 0.6) is 5.75 Å². The highest BCUT2D eigenvalue weighted by atomic mass is 16.5. The average molecular weight is 270 g/mol. The minimum Gasteiger partial charge on any atom is -0.492 e. The highest BCUT2D eigenvalue weighted by Gasteiger charge is 2.06. The van der Waals surface area contributed by atoms with Gasteiger partial charge in [-0.15, -0.1) is 0 Å². The second-order valence-electron chi connectivity index (χ2n) is 5.06. The molecule has 0 aromatic heterocycles. The van der Waals surface area contributed by atoms with Crippen molar-refractivity contribution in [2.75, 3.05) is 17.7 Å². The third kappa shape index (κ3) is 3.23. The first kappa shape index (κ1) is 14.3. The smallest absolute Gasteiger partial charge is 0.144 e. The van der Waals surface area contributed by atoms with Gasteiger partial charge in [0.15, 0.2) is 0 Å². The Balaban J connectivity index is 2.26. The summed E-state index contributed by atoms with van der Waals surface area (Å²) in [6.07, 6.45) is 0. The first-order valence-electron chi connectivity index (χ1n) is 7.00. The Morgan fingerprint density at radius 1 is 1.15 bits per heavy atom. The lowest BCUT2D eigenvalue weighted by Crippen LogP contribution is -2.01. The first-order valence-corrected chi connectivity index (χ1v) is 7.00. The van der Waals surface area contributed by atoms with E-state index in [9.17, 15) is 0 Å². The molecule has 2 aromatic carbocycles. The molecular weight excluding hydrogens is 248 g/mol. The van der Waals surface area contributed by atoms with Crippen LogP contribution in [0.3, 0.4) is 0 Å². The summed E-state index contributed by atoms with van der Waals surface area (Å²) in [6, 6.07) is 14.2. The lowest BCUT2D eigenvalue weighted by molar-refractivity contribution is 0.342. The van der Waals surface area contributed by atoms with Crippen LogP contribution in [0.2, 0.25) is 0 Å². The van der Waals surface area contributed by atoms with Crippen LogP contribution in [0.4, 0.5) is 17.1 Å². The molecule has 0 spiro atoms. The molecule has 0 bridgehead atoms. The largest absolute Gasteiger partial charge is 0.492 e. The zero-order valence-corrected chi connectivity index (χ0v) is 12.3. The van der Waals surface area contributed by atoms with E-state index in [1.165, 1.54) is 5.56 Å². The number of hydrogen-bond donors (Lipinski definition) is 2. The molecule has 0 aliphatic carbocycles. The zero-order valence-electron chi connectivity index (χ0n) is 12.3. The topological polar surface area (TPSA) is 47.3 Å². The summed E-state index contributed by atoms with van der Waals surface area (Å²) in [7, 11) is 0. The maximum Gasteiger partial charge on any atom is 0.144 e. The number of hydrogen-bond acceptors (Lipinski definition) is 3. The molecule has 0 amide bonds. The maximum atomic E-state index is 6.13. The molecule has 20 heavy (non-hydrogen) atoms. The van der Waals surface area contributed by atoms with Crippen LogP contribution < -0.4 is 15.8 Å². The third-order valence-corrected chi connectivity index (χ3v) is 3.20. The molecule has 3 heteroatoms. The standard InChI is InChI=1S/C17H22N2O/c1-4-20-16-10-6-9-15(17(16)18)19-14-8-5-7-13(11-14)12(2)3/h5-12,19H,4,18H2,1-3H3. The van der Waals surface area contributed by atoms with Gasteiger partial charge in [0.25, 0.3) is 0 Å². The van der Waals surface area contributed by atoms with E-state index < -0.39 is 0 Å². The number of ether oxygens (including phenoxy) is 1. The number of anilines is 3. The average Bonchev–Trinajstić information content (AvgIpc) is 2.44. The molecule has 0 fully saturated rings. The van der Waals surface area contributed by atoms with Crippen molar-refractivity contribution in [3.63, 3.8) is 0 Å². The molecule has 2 rings (SSSR count). The van der Waals surface area contributed by atoms with E-state index in [0.717, 1.165) is 17.1 Å². The second kappa shape index (κ2) is 6.33. The Morgan fingerprint density at radius 3 is 2.60 bits per heavy atom. The SMILES string of the molecule is CCOc1cccc(Nc2cccc(C(C)C)c2)c1N. The summed E-state index contributed by atoms with van der Waals surface area (Å²) in [6.45, 7) is 6.93. The number of benzene rings is 2. The summed E-state index contributed by atoms with van der Waals surface area (Å²) in [4.78, 5) is 0. The van der Waals surface area contributed by atoms with E-state index in [1.807, 2.05) is 31.2 Å². The molecule has 3 nitrogen and oxygen atoms in total. The molecule has 0 saturated carbocycles. The lowest BCUT2D eigenvalue weighted by Gasteiger charge is -2.14. The molecule has 0 atom stereocenters. The Kier molecular flexibility index (Phi) is 4.51. The highest BCUT2D eigenvalue weighted by molar-refractivity contribution is 5.77. The maximum absolute atomic E-state index is 6.13. The third-order valence-electron chi connectivity index (χ3n) is 3.20. The fourth-order valence-electron chi connectivity index (χ4n) is 2.07. The van der Waals surface area contributed by atoms with Crippen molar-refractivity contribution in [1.82, 2.24) is 0 Å². The van der Waals surface area contributed by atoms with Crippen LogP contribution in [-0.4, -0.2) is 6.61 Å². The van der Waals surface area contributed by atoms with Crippen LogP contribution in [0.1, 0.15) is 32.3 Å². The molecule has 0 radical (unpaired) electrons. The summed E-state index contributed by atoms with van der Waals surface area (Å²) in [5.74, 6) is 1.22. The van der Waals surface area contributed by atoms with Crippen LogP contribution >= 0.6 is 0 Å². The molecular formula is C17H22N2O. The summed E-state index contributed by atoms with van der Waals surface area (Å²) < 4.78 is 5.51. The van der Waals surface area contributed by atoms with Gasteiger partial charge >= 0.3 is 0 Å².